The fourth-order valence-electron chi connectivity index (χ4n) is 2.36. The number of urea groups is 1. The Morgan fingerprint density at radius 2 is 2.25 bits per heavy atom. The second-order valence-corrected chi connectivity index (χ2v) is 6.57. The highest BCUT2D eigenvalue weighted by Crippen LogP contribution is 2.24. The van der Waals surface area contributed by atoms with Crippen molar-refractivity contribution in [3.8, 4) is 0 Å². The van der Waals surface area contributed by atoms with Crippen molar-refractivity contribution in [1.82, 2.24) is 15.2 Å². The Bertz CT molecular complexity index is 517. The van der Waals surface area contributed by atoms with E-state index in [0.29, 0.717) is 6.54 Å². The van der Waals surface area contributed by atoms with Crippen LogP contribution in [-0.2, 0) is 4.79 Å². The first-order valence-corrected chi connectivity index (χ1v) is 7.40. The van der Waals surface area contributed by atoms with Crippen LogP contribution in [0.3, 0.4) is 0 Å². The smallest absolute Gasteiger partial charge is 0.317 e. The van der Waals surface area contributed by atoms with E-state index in [1.54, 1.807) is 22.4 Å². The molecule has 1 aromatic rings. The number of hydrogen-bond acceptors (Lipinski definition) is 4. The number of amides is 2. The van der Waals surface area contributed by atoms with E-state index in [0.717, 1.165) is 9.88 Å². The zero-order valence-corrected chi connectivity index (χ0v) is 12.6. The second-order valence-electron chi connectivity index (χ2n) is 5.31. The molecule has 0 saturated carbocycles. The van der Waals surface area contributed by atoms with Crippen molar-refractivity contribution in [2.24, 2.45) is 11.8 Å². The maximum Gasteiger partial charge on any atom is 0.317 e. The zero-order chi connectivity index (χ0) is 14.9. The summed E-state index contributed by atoms with van der Waals surface area (Å²) in [5.74, 6) is -1.33. The number of nitrogens with one attached hydrogen (secondary N) is 1. The van der Waals surface area contributed by atoms with Gasteiger partial charge in [0.1, 0.15) is 5.01 Å². The molecule has 2 rings (SSSR count). The van der Waals surface area contributed by atoms with Gasteiger partial charge in [-0.3, -0.25) is 4.79 Å². The topological polar surface area (TPSA) is 82.5 Å². The third-order valence-corrected chi connectivity index (χ3v) is 4.66. The molecule has 0 bridgehead atoms. The van der Waals surface area contributed by atoms with Crippen LogP contribution >= 0.6 is 11.3 Å². The first-order chi connectivity index (χ1) is 9.38. The van der Waals surface area contributed by atoms with E-state index < -0.39 is 11.9 Å². The van der Waals surface area contributed by atoms with Crippen LogP contribution in [0.5, 0.6) is 0 Å². The summed E-state index contributed by atoms with van der Waals surface area (Å²) in [6.45, 7) is 6.46. The summed E-state index contributed by atoms with van der Waals surface area (Å²) in [7, 11) is 0. The number of nitrogens with zero attached hydrogens (tertiary/aromatic N) is 2. The van der Waals surface area contributed by atoms with Gasteiger partial charge in [-0.05, 0) is 19.8 Å². The van der Waals surface area contributed by atoms with Crippen molar-refractivity contribution in [3.63, 3.8) is 0 Å². The average Bonchev–Trinajstić information content (AvgIpc) is 2.95. The maximum absolute atomic E-state index is 12.1. The number of thiazole rings is 1. The molecule has 6 nitrogen and oxygen atoms in total. The summed E-state index contributed by atoms with van der Waals surface area (Å²) in [5.41, 5.74) is 0. The summed E-state index contributed by atoms with van der Waals surface area (Å²) in [4.78, 5) is 30.1. The number of hydrogen-bond donors (Lipinski definition) is 2. The van der Waals surface area contributed by atoms with Crippen LogP contribution in [0.4, 0.5) is 4.79 Å². The highest BCUT2D eigenvalue weighted by Gasteiger charge is 2.37. The Balaban J connectivity index is 1.94. The molecule has 1 aromatic heterocycles. The van der Waals surface area contributed by atoms with Gasteiger partial charge in [-0.15, -0.1) is 11.3 Å². The van der Waals surface area contributed by atoms with E-state index in [1.807, 2.05) is 20.8 Å². The molecular weight excluding hydrogens is 278 g/mol. The molecule has 2 heterocycles. The van der Waals surface area contributed by atoms with Crippen molar-refractivity contribution in [2.45, 2.75) is 26.8 Å². The predicted molar refractivity (Wildman–Crippen MR) is 75.7 cm³/mol. The molecule has 0 spiro atoms. The number of aromatic nitrogens is 1. The van der Waals surface area contributed by atoms with Crippen molar-refractivity contribution in [2.75, 3.05) is 13.1 Å². The molecule has 2 amide bonds. The van der Waals surface area contributed by atoms with Crippen LogP contribution in [-0.4, -0.2) is 40.1 Å². The second kappa shape index (κ2) is 5.78. The fourth-order valence-corrected chi connectivity index (χ4v) is 3.14. The van der Waals surface area contributed by atoms with Crippen LogP contribution in [0.15, 0.2) is 6.20 Å². The molecule has 1 fully saturated rings. The van der Waals surface area contributed by atoms with Crippen LogP contribution < -0.4 is 5.32 Å². The van der Waals surface area contributed by atoms with E-state index in [4.69, 9.17) is 5.11 Å². The highest BCUT2D eigenvalue weighted by atomic mass is 32.1. The van der Waals surface area contributed by atoms with Gasteiger partial charge >= 0.3 is 12.0 Å². The van der Waals surface area contributed by atoms with Gasteiger partial charge in [0.25, 0.3) is 0 Å². The molecule has 7 heteroatoms. The van der Waals surface area contributed by atoms with E-state index in [9.17, 15) is 9.59 Å². The predicted octanol–water partition coefficient (Wildman–Crippen LogP) is 1.87. The van der Waals surface area contributed by atoms with E-state index >= 15 is 0 Å². The van der Waals surface area contributed by atoms with Crippen LogP contribution in [0, 0.1) is 18.8 Å². The third-order valence-electron chi connectivity index (χ3n) is 3.57. The molecule has 110 valence electrons. The van der Waals surface area contributed by atoms with Gasteiger partial charge in [0.05, 0.1) is 12.0 Å². The summed E-state index contributed by atoms with van der Waals surface area (Å²) in [5, 5.41) is 12.8. The Hall–Kier alpha value is -1.63. The molecule has 0 radical (unpaired) electrons. The number of likely N-dealkylation sites (tertiary alicyclic amines) is 1. The lowest BCUT2D eigenvalue weighted by Crippen LogP contribution is -2.40. The molecule has 20 heavy (non-hydrogen) atoms. The van der Waals surface area contributed by atoms with E-state index in [-0.39, 0.29) is 24.5 Å². The molecule has 1 aliphatic heterocycles. The Kier molecular flexibility index (Phi) is 4.27. The highest BCUT2D eigenvalue weighted by molar-refractivity contribution is 7.11. The lowest BCUT2D eigenvalue weighted by molar-refractivity contribution is -0.142. The molecular formula is C13H19N3O3S. The van der Waals surface area contributed by atoms with E-state index in [1.165, 1.54) is 0 Å². The normalized spacial score (nSPS) is 23.6. The quantitative estimate of drug-likeness (QED) is 0.892. The molecule has 2 N–H and O–H groups in total. The summed E-state index contributed by atoms with van der Waals surface area (Å²) >= 11 is 1.55. The standard InChI is InChI=1S/C13H19N3O3S/c1-7-5-16(6-10(7)12(17)18)13(19)15-9(3)11-14-4-8(2)20-11/h4,7,9-10H,5-6H2,1-3H3,(H,15,19)(H,17,18)/t7-,9?,10-/m1/s1. The molecule has 1 saturated heterocycles. The number of carboxylic acid groups (broad SMARTS) is 1. The molecule has 3 atom stereocenters. The number of aryl methyl sites for hydroxylation is 1. The molecule has 1 unspecified atom stereocenters. The van der Waals surface area contributed by atoms with Gasteiger partial charge < -0.3 is 15.3 Å². The minimum atomic E-state index is -0.837. The Labute approximate surface area is 121 Å². The van der Waals surface area contributed by atoms with Gasteiger partial charge in [-0.2, -0.15) is 0 Å². The summed E-state index contributed by atoms with van der Waals surface area (Å²) < 4.78 is 0. The van der Waals surface area contributed by atoms with Crippen molar-refractivity contribution in [3.05, 3.63) is 16.1 Å². The monoisotopic (exact) mass is 297 g/mol. The van der Waals surface area contributed by atoms with Gasteiger partial charge in [-0.1, -0.05) is 6.92 Å². The SMILES string of the molecule is Cc1cnc(C(C)NC(=O)N2C[C@@H](C)[C@H](C(=O)O)C2)s1. The minimum absolute atomic E-state index is 0.0179. The summed E-state index contributed by atoms with van der Waals surface area (Å²) in [6, 6.07) is -0.388. The summed E-state index contributed by atoms with van der Waals surface area (Å²) in [6.07, 6.45) is 1.78. The number of rotatable bonds is 3. The number of carboxylic acids is 1. The maximum atomic E-state index is 12.1. The van der Waals surface area contributed by atoms with Crippen molar-refractivity contribution < 1.29 is 14.7 Å². The van der Waals surface area contributed by atoms with Crippen LogP contribution in [0.1, 0.15) is 29.8 Å². The van der Waals surface area contributed by atoms with Gasteiger partial charge in [-0.25, -0.2) is 9.78 Å². The largest absolute Gasteiger partial charge is 0.481 e. The Morgan fingerprint density at radius 1 is 1.55 bits per heavy atom. The Morgan fingerprint density at radius 3 is 2.75 bits per heavy atom. The van der Waals surface area contributed by atoms with Gasteiger partial charge in [0.2, 0.25) is 0 Å². The van der Waals surface area contributed by atoms with Crippen LogP contribution in [0.2, 0.25) is 0 Å². The number of aliphatic carboxylic acids is 1. The molecule has 0 aliphatic carbocycles. The zero-order valence-electron chi connectivity index (χ0n) is 11.8. The molecule has 0 aromatic carbocycles. The average molecular weight is 297 g/mol. The van der Waals surface area contributed by atoms with Crippen molar-refractivity contribution in [1.29, 1.82) is 0 Å². The first-order valence-electron chi connectivity index (χ1n) is 6.59. The first kappa shape index (κ1) is 14.8. The lowest BCUT2D eigenvalue weighted by atomic mass is 9.99. The van der Waals surface area contributed by atoms with Crippen molar-refractivity contribution >= 4 is 23.3 Å². The van der Waals surface area contributed by atoms with Gasteiger partial charge in [0, 0.05) is 24.2 Å². The van der Waals surface area contributed by atoms with Crippen LogP contribution in [0.25, 0.3) is 0 Å². The number of carbonyl (C=O) groups excluding carboxylic acids is 1. The minimum Gasteiger partial charge on any atom is -0.481 e. The van der Waals surface area contributed by atoms with E-state index in [2.05, 4.69) is 10.3 Å². The molecule has 1 aliphatic rings. The van der Waals surface area contributed by atoms with Gasteiger partial charge in [0.15, 0.2) is 0 Å². The lowest BCUT2D eigenvalue weighted by Gasteiger charge is -2.19. The third kappa shape index (κ3) is 3.09. The number of carbonyl (C=O) groups is 2. The fraction of sp³-hybridized carbons (Fsp3) is 0.615.